The van der Waals surface area contributed by atoms with E-state index in [9.17, 15) is 4.79 Å². The number of halogens is 1. The van der Waals surface area contributed by atoms with Gasteiger partial charge in [-0.1, -0.05) is 11.6 Å². The molecule has 1 saturated heterocycles. The fourth-order valence-corrected chi connectivity index (χ4v) is 2.10. The van der Waals surface area contributed by atoms with Crippen LogP contribution in [0, 0.1) is 0 Å². The van der Waals surface area contributed by atoms with Gasteiger partial charge in [0.2, 0.25) is 5.95 Å². The van der Waals surface area contributed by atoms with Gasteiger partial charge in [-0.05, 0) is 19.8 Å². The summed E-state index contributed by atoms with van der Waals surface area (Å²) >= 11 is 5.96. The lowest BCUT2D eigenvalue weighted by Gasteiger charge is -2.16. The van der Waals surface area contributed by atoms with Crippen LogP contribution < -0.4 is 10.2 Å². The summed E-state index contributed by atoms with van der Waals surface area (Å²) in [4.78, 5) is 22.4. The zero-order valence-electron chi connectivity index (χ0n) is 10.8. The van der Waals surface area contributed by atoms with Gasteiger partial charge in [-0.3, -0.25) is 4.79 Å². The Morgan fingerprint density at radius 2 is 2.26 bits per heavy atom. The molecule has 0 aromatic carbocycles. The van der Waals surface area contributed by atoms with Gasteiger partial charge in [0, 0.05) is 19.1 Å². The molecule has 19 heavy (non-hydrogen) atoms. The highest BCUT2D eigenvalue weighted by Crippen LogP contribution is 2.19. The summed E-state index contributed by atoms with van der Waals surface area (Å²) in [5.74, 6) is 0.137. The maximum absolute atomic E-state index is 12.0. The largest absolute Gasteiger partial charge is 0.394 e. The minimum absolute atomic E-state index is 0.132. The second-order valence-corrected chi connectivity index (χ2v) is 5.02. The monoisotopic (exact) mass is 284 g/mol. The minimum Gasteiger partial charge on any atom is -0.394 e. The van der Waals surface area contributed by atoms with Crippen molar-refractivity contribution in [2.24, 2.45) is 0 Å². The van der Waals surface area contributed by atoms with Crippen LogP contribution in [-0.4, -0.2) is 46.7 Å². The molecule has 0 spiro atoms. The van der Waals surface area contributed by atoms with Gasteiger partial charge in [0.15, 0.2) is 5.69 Å². The first-order valence-electron chi connectivity index (χ1n) is 6.31. The highest BCUT2D eigenvalue weighted by molar-refractivity contribution is 6.33. The summed E-state index contributed by atoms with van der Waals surface area (Å²) < 4.78 is 0. The zero-order valence-corrected chi connectivity index (χ0v) is 11.5. The van der Waals surface area contributed by atoms with Gasteiger partial charge in [-0.25, -0.2) is 9.97 Å². The molecule has 0 radical (unpaired) electrons. The van der Waals surface area contributed by atoms with E-state index in [0.717, 1.165) is 25.9 Å². The van der Waals surface area contributed by atoms with Crippen LogP contribution in [0.4, 0.5) is 5.95 Å². The first-order chi connectivity index (χ1) is 9.11. The van der Waals surface area contributed by atoms with Crippen molar-refractivity contribution in [1.29, 1.82) is 0 Å². The van der Waals surface area contributed by atoms with Crippen LogP contribution in [0.25, 0.3) is 0 Å². The molecule has 1 aromatic rings. The van der Waals surface area contributed by atoms with Crippen LogP contribution in [0.2, 0.25) is 5.02 Å². The minimum atomic E-state index is -0.394. The Hall–Kier alpha value is -1.40. The number of amides is 1. The van der Waals surface area contributed by atoms with Crippen molar-refractivity contribution in [2.45, 2.75) is 25.8 Å². The van der Waals surface area contributed by atoms with Crippen LogP contribution in [-0.2, 0) is 0 Å². The molecule has 1 fully saturated rings. The Morgan fingerprint density at radius 3 is 2.89 bits per heavy atom. The maximum atomic E-state index is 12.0. The van der Waals surface area contributed by atoms with E-state index < -0.39 is 5.91 Å². The molecule has 1 aromatic heterocycles. The smallest absolute Gasteiger partial charge is 0.271 e. The van der Waals surface area contributed by atoms with Crippen molar-refractivity contribution in [3.8, 4) is 0 Å². The topological polar surface area (TPSA) is 78.3 Å². The third-order valence-electron chi connectivity index (χ3n) is 2.99. The van der Waals surface area contributed by atoms with Crippen LogP contribution in [0.1, 0.15) is 30.3 Å². The van der Waals surface area contributed by atoms with Gasteiger partial charge < -0.3 is 15.3 Å². The number of rotatable bonds is 4. The van der Waals surface area contributed by atoms with Gasteiger partial charge in [0.05, 0.1) is 17.8 Å². The van der Waals surface area contributed by atoms with E-state index in [4.69, 9.17) is 16.7 Å². The predicted octanol–water partition coefficient (Wildman–Crippen LogP) is 0.841. The highest BCUT2D eigenvalue weighted by Gasteiger charge is 2.20. The van der Waals surface area contributed by atoms with Crippen molar-refractivity contribution >= 4 is 23.5 Å². The predicted molar refractivity (Wildman–Crippen MR) is 72.5 cm³/mol. The average Bonchev–Trinajstić information content (AvgIpc) is 2.93. The number of carbonyl (C=O) groups excluding carboxylic acids is 1. The lowest BCUT2D eigenvalue weighted by atomic mass is 10.3. The van der Waals surface area contributed by atoms with Gasteiger partial charge in [-0.2, -0.15) is 0 Å². The highest BCUT2D eigenvalue weighted by atomic mass is 35.5. The molecule has 1 aliphatic rings. The van der Waals surface area contributed by atoms with Crippen molar-refractivity contribution in [3.05, 3.63) is 16.9 Å². The van der Waals surface area contributed by atoms with E-state index in [0.29, 0.717) is 5.95 Å². The molecule has 2 heterocycles. The molecular weight excluding hydrogens is 268 g/mol. The molecular formula is C12H17ClN4O2. The van der Waals surface area contributed by atoms with E-state index >= 15 is 0 Å². The SMILES string of the molecule is CC(CO)NC(=O)c1nc(N2CCCC2)ncc1Cl. The Balaban J connectivity index is 2.18. The van der Waals surface area contributed by atoms with E-state index in [2.05, 4.69) is 15.3 Å². The Bertz CT molecular complexity index is 463. The average molecular weight is 285 g/mol. The molecule has 1 aliphatic heterocycles. The van der Waals surface area contributed by atoms with Gasteiger partial charge in [0.1, 0.15) is 0 Å². The molecule has 2 rings (SSSR count). The number of anilines is 1. The van der Waals surface area contributed by atoms with E-state index in [1.165, 1.54) is 6.20 Å². The fourth-order valence-electron chi connectivity index (χ4n) is 1.92. The van der Waals surface area contributed by atoms with Crippen LogP contribution in [0.5, 0.6) is 0 Å². The molecule has 7 heteroatoms. The molecule has 0 saturated carbocycles. The van der Waals surface area contributed by atoms with Crippen LogP contribution in [0.15, 0.2) is 6.20 Å². The number of aromatic nitrogens is 2. The molecule has 1 unspecified atom stereocenters. The molecule has 0 bridgehead atoms. The fraction of sp³-hybridized carbons (Fsp3) is 0.583. The van der Waals surface area contributed by atoms with Crippen LogP contribution in [0.3, 0.4) is 0 Å². The summed E-state index contributed by atoms with van der Waals surface area (Å²) in [6.07, 6.45) is 3.66. The zero-order chi connectivity index (χ0) is 13.8. The maximum Gasteiger partial charge on any atom is 0.271 e. The molecule has 2 N–H and O–H groups in total. The Morgan fingerprint density at radius 1 is 1.58 bits per heavy atom. The number of aliphatic hydroxyl groups is 1. The summed E-state index contributed by atoms with van der Waals surface area (Å²) in [5, 5.41) is 11.8. The van der Waals surface area contributed by atoms with E-state index in [-0.39, 0.29) is 23.4 Å². The first-order valence-corrected chi connectivity index (χ1v) is 6.69. The third-order valence-corrected chi connectivity index (χ3v) is 3.26. The first kappa shape index (κ1) is 14.0. The lowest BCUT2D eigenvalue weighted by Crippen LogP contribution is -2.36. The molecule has 1 atom stereocenters. The van der Waals surface area contributed by atoms with Crippen molar-refractivity contribution in [3.63, 3.8) is 0 Å². The normalized spacial score (nSPS) is 16.5. The summed E-state index contributed by atoms with van der Waals surface area (Å²) in [5.41, 5.74) is 0.152. The quantitative estimate of drug-likeness (QED) is 0.857. The molecule has 104 valence electrons. The standard InChI is InChI=1S/C12H17ClN4O2/c1-8(7-18)15-11(19)10-9(13)6-14-12(16-10)17-4-2-3-5-17/h6,8,18H,2-5,7H2,1H3,(H,15,19). The van der Waals surface area contributed by atoms with Crippen molar-refractivity contribution < 1.29 is 9.90 Å². The van der Waals surface area contributed by atoms with Gasteiger partial charge in [-0.15, -0.1) is 0 Å². The Labute approximate surface area is 116 Å². The third kappa shape index (κ3) is 3.33. The molecule has 6 nitrogen and oxygen atoms in total. The number of hydrogen-bond acceptors (Lipinski definition) is 5. The van der Waals surface area contributed by atoms with Crippen molar-refractivity contribution in [2.75, 3.05) is 24.6 Å². The second kappa shape index (κ2) is 6.16. The number of hydrogen-bond donors (Lipinski definition) is 2. The number of carbonyl (C=O) groups is 1. The van der Waals surface area contributed by atoms with E-state index in [1.807, 2.05) is 4.90 Å². The molecule has 0 aliphatic carbocycles. The Kier molecular flexibility index (Phi) is 4.55. The summed E-state index contributed by atoms with van der Waals surface area (Å²) in [7, 11) is 0. The lowest BCUT2D eigenvalue weighted by molar-refractivity contribution is 0.0917. The van der Waals surface area contributed by atoms with Crippen LogP contribution >= 0.6 is 11.6 Å². The number of nitrogens with zero attached hydrogens (tertiary/aromatic N) is 3. The summed E-state index contributed by atoms with van der Waals surface area (Å²) in [6, 6.07) is -0.339. The van der Waals surface area contributed by atoms with Crippen molar-refractivity contribution in [1.82, 2.24) is 15.3 Å². The summed E-state index contributed by atoms with van der Waals surface area (Å²) in [6.45, 7) is 3.37. The number of aliphatic hydroxyl groups excluding tert-OH is 1. The number of nitrogens with one attached hydrogen (secondary N) is 1. The van der Waals surface area contributed by atoms with Gasteiger partial charge >= 0.3 is 0 Å². The molecule has 1 amide bonds. The van der Waals surface area contributed by atoms with Gasteiger partial charge in [0.25, 0.3) is 5.91 Å². The van der Waals surface area contributed by atoms with E-state index in [1.54, 1.807) is 6.92 Å². The second-order valence-electron chi connectivity index (χ2n) is 4.62.